The maximum absolute atomic E-state index is 13.5. The second kappa shape index (κ2) is 6.67. The first-order chi connectivity index (χ1) is 10.2. The van der Waals surface area contributed by atoms with Crippen LogP contribution in [0.25, 0.3) is 0 Å². The molecule has 4 nitrogen and oxygen atoms in total. The number of thiophene rings is 1. The molecular weight excluding hydrogens is 291 g/mol. The number of nitriles is 1. The molecule has 104 valence electrons. The van der Waals surface area contributed by atoms with E-state index in [1.807, 2.05) is 0 Å². The molecule has 0 saturated carbocycles. The lowest BCUT2D eigenvalue weighted by Gasteiger charge is -2.06. The average molecular weight is 300 g/mol. The molecule has 2 N–H and O–H groups in total. The molecule has 1 amide bonds. The summed E-state index contributed by atoms with van der Waals surface area (Å²) in [6.07, 6.45) is 0. The van der Waals surface area contributed by atoms with Gasteiger partial charge in [-0.3, -0.25) is 4.79 Å². The Balaban J connectivity index is 2.30. The molecule has 1 aromatic heterocycles. The second-order valence-corrected chi connectivity index (χ2v) is 4.77. The van der Waals surface area contributed by atoms with E-state index in [1.165, 1.54) is 23.5 Å². The molecule has 0 saturated heterocycles. The predicted molar refractivity (Wildman–Crippen MR) is 77.4 cm³/mol. The zero-order valence-electron chi connectivity index (χ0n) is 10.7. The monoisotopic (exact) mass is 300 g/mol. The number of anilines is 1. The van der Waals surface area contributed by atoms with Crippen LogP contribution in [0.4, 0.5) is 10.1 Å². The van der Waals surface area contributed by atoms with Gasteiger partial charge in [-0.1, -0.05) is 17.9 Å². The number of hydrogen-bond donors (Lipinski definition) is 2. The number of rotatable bonds is 2. The minimum atomic E-state index is -0.693. The van der Waals surface area contributed by atoms with Crippen LogP contribution in [-0.4, -0.2) is 17.6 Å². The largest absolute Gasteiger partial charge is 0.384 e. The third kappa shape index (κ3) is 3.26. The molecule has 0 atom stereocenters. The lowest BCUT2D eigenvalue weighted by molar-refractivity contribution is 0.103. The Labute approximate surface area is 124 Å². The summed E-state index contributed by atoms with van der Waals surface area (Å²) in [5.74, 6) is 3.95. The van der Waals surface area contributed by atoms with E-state index < -0.39 is 11.7 Å². The van der Waals surface area contributed by atoms with Gasteiger partial charge < -0.3 is 10.4 Å². The van der Waals surface area contributed by atoms with Crippen molar-refractivity contribution in [2.75, 3.05) is 11.9 Å². The van der Waals surface area contributed by atoms with Gasteiger partial charge in [-0.15, -0.1) is 11.3 Å². The molecular formula is C15H9FN2O2S. The number of carbonyl (C=O) groups excluding carboxylic acids is 1. The highest BCUT2D eigenvalue weighted by molar-refractivity contribution is 7.12. The zero-order valence-corrected chi connectivity index (χ0v) is 11.5. The van der Waals surface area contributed by atoms with Crippen LogP contribution in [0.1, 0.15) is 20.8 Å². The van der Waals surface area contributed by atoms with Crippen molar-refractivity contribution in [3.8, 4) is 17.9 Å². The molecule has 2 rings (SSSR count). The molecule has 0 bridgehead atoms. The average Bonchev–Trinajstić information content (AvgIpc) is 2.94. The van der Waals surface area contributed by atoms with Crippen LogP contribution in [0, 0.1) is 29.0 Å². The van der Waals surface area contributed by atoms with Crippen LogP contribution in [0.15, 0.2) is 29.6 Å². The molecule has 0 aliphatic rings. The summed E-state index contributed by atoms with van der Waals surface area (Å²) in [6.45, 7) is -0.306. The lowest BCUT2D eigenvalue weighted by Crippen LogP contribution is -2.13. The van der Waals surface area contributed by atoms with Gasteiger partial charge in [0.05, 0.1) is 5.69 Å². The van der Waals surface area contributed by atoms with E-state index in [1.54, 1.807) is 17.5 Å². The fraction of sp³-hybridized carbons (Fsp3) is 0.0667. The fourth-order valence-electron chi connectivity index (χ4n) is 1.64. The van der Waals surface area contributed by atoms with Gasteiger partial charge >= 0.3 is 0 Å². The van der Waals surface area contributed by atoms with Crippen molar-refractivity contribution in [3.05, 3.63) is 51.5 Å². The zero-order chi connectivity index (χ0) is 15.2. The number of amides is 1. The number of carbonyl (C=O) groups is 1. The van der Waals surface area contributed by atoms with Gasteiger partial charge in [-0.05, 0) is 23.6 Å². The highest BCUT2D eigenvalue weighted by Crippen LogP contribution is 2.21. The van der Waals surface area contributed by atoms with Gasteiger partial charge in [-0.2, -0.15) is 5.26 Å². The minimum absolute atomic E-state index is 0.108. The topological polar surface area (TPSA) is 73.1 Å². The summed E-state index contributed by atoms with van der Waals surface area (Å²) >= 11 is 1.17. The highest BCUT2D eigenvalue weighted by atomic mass is 32.1. The first kappa shape index (κ1) is 14.7. The van der Waals surface area contributed by atoms with Crippen LogP contribution in [0.3, 0.4) is 0 Å². The summed E-state index contributed by atoms with van der Waals surface area (Å²) in [7, 11) is 0. The predicted octanol–water partition coefficient (Wildman–Crippen LogP) is 2.35. The molecule has 1 heterocycles. The van der Waals surface area contributed by atoms with E-state index in [4.69, 9.17) is 10.4 Å². The van der Waals surface area contributed by atoms with Gasteiger partial charge in [0, 0.05) is 5.56 Å². The quantitative estimate of drug-likeness (QED) is 0.836. The van der Waals surface area contributed by atoms with Crippen LogP contribution >= 0.6 is 11.3 Å². The van der Waals surface area contributed by atoms with Crippen LogP contribution in [0.5, 0.6) is 0 Å². The first-order valence-corrected chi connectivity index (χ1v) is 6.72. The number of nitrogens with one attached hydrogen (secondary N) is 1. The van der Waals surface area contributed by atoms with Crippen molar-refractivity contribution >= 4 is 22.9 Å². The Hall–Kier alpha value is -2.67. The molecule has 21 heavy (non-hydrogen) atoms. The lowest BCUT2D eigenvalue weighted by atomic mass is 10.1. The van der Waals surface area contributed by atoms with Crippen LogP contribution in [0.2, 0.25) is 0 Å². The number of aliphatic hydroxyl groups excluding tert-OH is 1. The number of halogens is 1. The molecule has 6 heteroatoms. The Morgan fingerprint density at radius 1 is 1.43 bits per heavy atom. The van der Waals surface area contributed by atoms with E-state index in [2.05, 4.69) is 17.2 Å². The number of aliphatic hydroxyl groups is 1. The van der Waals surface area contributed by atoms with E-state index in [0.29, 0.717) is 10.4 Å². The third-order valence-corrected chi connectivity index (χ3v) is 3.46. The van der Waals surface area contributed by atoms with Gasteiger partial charge in [-0.25, -0.2) is 4.39 Å². The summed E-state index contributed by atoms with van der Waals surface area (Å²) < 4.78 is 13.5. The Bertz CT molecular complexity index is 781. The number of hydrogen-bond acceptors (Lipinski definition) is 4. The van der Waals surface area contributed by atoms with Crippen molar-refractivity contribution < 1.29 is 14.3 Å². The smallest absolute Gasteiger partial charge is 0.267 e. The van der Waals surface area contributed by atoms with Gasteiger partial charge in [0.25, 0.3) is 5.91 Å². The van der Waals surface area contributed by atoms with Crippen molar-refractivity contribution in [2.45, 2.75) is 0 Å². The van der Waals surface area contributed by atoms with Gasteiger partial charge in [0.2, 0.25) is 0 Å². The Morgan fingerprint density at radius 2 is 2.24 bits per heavy atom. The maximum Gasteiger partial charge on any atom is 0.267 e. The van der Waals surface area contributed by atoms with Crippen molar-refractivity contribution in [2.24, 2.45) is 0 Å². The van der Waals surface area contributed by atoms with E-state index in [0.717, 1.165) is 6.07 Å². The molecule has 2 aromatic rings. The summed E-state index contributed by atoms with van der Waals surface area (Å²) in [4.78, 5) is 12.5. The van der Waals surface area contributed by atoms with Crippen LogP contribution < -0.4 is 5.32 Å². The third-order valence-electron chi connectivity index (χ3n) is 2.55. The second-order valence-electron chi connectivity index (χ2n) is 3.85. The van der Waals surface area contributed by atoms with Gasteiger partial charge in [0.1, 0.15) is 28.9 Å². The molecule has 0 aliphatic carbocycles. The molecule has 0 spiro atoms. The van der Waals surface area contributed by atoms with Crippen molar-refractivity contribution in [1.82, 2.24) is 0 Å². The molecule has 0 aliphatic heterocycles. The maximum atomic E-state index is 13.5. The van der Waals surface area contributed by atoms with E-state index >= 15 is 0 Å². The summed E-state index contributed by atoms with van der Waals surface area (Å²) in [5, 5.41) is 21.8. The van der Waals surface area contributed by atoms with Crippen LogP contribution in [-0.2, 0) is 0 Å². The molecule has 1 aromatic carbocycles. The fourth-order valence-corrected chi connectivity index (χ4v) is 2.38. The Morgan fingerprint density at radius 3 is 2.95 bits per heavy atom. The minimum Gasteiger partial charge on any atom is -0.384 e. The Kier molecular flexibility index (Phi) is 4.68. The molecule has 0 fully saturated rings. The summed E-state index contributed by atoms with van der Waals surface area (Å²) in [5.41, 5.74) is 0.365. The van der Waals surface area contributed by atoms with E-state index in [9.17, 15) is 9.18 Å². The SMILES string of the molecule is N#Cc1c(F)cccc1NC(=O)c1sccc1C#CCO. The number of nitrogens with zero attached hydrogens (tertiary/aromatic N) is 1. The van der Waals surface area contributed by atoms with Crippen molar-refractivity contribution in [1.29, 1.82) is 5.26 Å². The normalized spacial score (nSPS) is 9.38. The van der Waals surface area contributed by atoms with Crippen molar-refractivity contribution in [3.63, 3.8) is 0 Å². The van der Waals surface area contributed by atoms with Gasteiger partial charge in [0.15, 0.2) is 0 Å². The highest BCUT2D eigenvalue weighted by Gasteiger charge is 2.15. The first-order valence-electron chi connectivity index (χ1n) is 5.84. The standard InChI is InChI=1S/C15H9FN2O2S/c16-12-4-1-5-13(11(12)9-17)18-15(20)14-10(3-2-7-19)6-8-21-14/h1,4-6,8,19H,7H2,(H,18,20). The number of benzene rings is 1. The molecule has 0 radical (unpaired) electrons. The summed E-state index contributed by atoms with van der Waals surface area (Å²) in [6, 6.07) is 7.38. The molecule has 0 unspecified atom stereocenters. The van der Waals surface area contributed by atoms with E-state index in [-0.39, 0.29) is 17.9 Å².